The number of hydrazine groups is 1. The van der Waals surface area contributed by atoms with Gasteiger partial charge in [-0.2, -0.15) is 0 Å². The van der Waals surface area contributed by atoms with Crippen LogP contribution in [0.1, 0.15) is 66.7 Å². The van der Waals surface area contributed by atoms with Crippen molar-refractivity contribution in [3.05, 3.63) is 174 Å². The van der Waals surface area contributed by atoms with Crippen molar-refractivity contribution in [3.8, 4) is 0 Å². The molecule has 0 saturated carbocycles. The predicted molar refractivity (Wildman–Crippen MR) is 263 cm³/mol. The Labute approximate surface area is 407 Å². The van der Waals surface area contributed by atoms with E-state index in [1.165, 1.54) is 45.1 Å². The van der Waals surface area contributed by atoms with E-state index in [9.17, 15) is 23.6 Å². The number of hydrogen-bond donors (Lipinski definition) is 4. The number of nitrogens with two attached hydrogens (primary N) is 1. The van der Waals surface area contributed by atoms with Crippen molar-refractivity contribution in [1.29, 1.82) is 0 Å². The Morgan fingerprint density at radius 1 is 0.657 bits per heavy atom. The third-order valence-corrected chi connectivity index (χ3v) is 11.7. The highest BCUT2D eigenvalue weighted by Crippen LogP contribution is 2.30. The molecular formula is C53H61FN10O6. The first kappa shape index (κ1) is 51.8. The van der Waals surface area contributed by atoms with Crippen LogP contribution in [-0.4, -0.2) is 98.3 Å². The zero-order valence-corrected chi connectivity index (χ0v) is 40.2. The lowest BCUT2D eigenvalue weighted by Crippen LogP contribution is -2.59. The first-order valence-electron chi connectivity index (χ1n) is 23.1. The number of carbonyl (C=O) groups excluding carboxylic acids is 5. The number of para-hydroxylation sites is 1. The van der Waals surface area contributed by atoms with Crippen LogP contribution in [0.5, 0.6) is 0 Å². The van der Waals surface area contributed by atoms with Crippen molar-refractivity contribution in [2.45, 2.75) is 71.6 Å². The molecule has 366 valence electrons. The van der Waals surface area contributed by atoms with Gasteiger partial charge in [-0.25, -0.2) is 28.8 Å². The van der Waals surface area contributed by atoms with Crippen molar-refractivity contribution in [2.75, 3.05) is 20.6 Å². The van der Waals surface area contributed by atoms with E-state index in [2.05, 4.69) is 31.0 Å². The molecule has 3 aromatic heterocycles. The number of rotatable bonds is 21. The zero-order chi connectivity index (χ0) is 50.3. The number of ether oxygens (including phenoxy) is 1. The van der Waals surface area contributed by atoms with Gasteiger partial charge in [-0.3, -0.25) is 25.0 Å². The number of benzene rings is 3. The summed E-state index contributed by atoms with van der Waals surface area (Å²) < 4.78 is 20.8. The van der Waals surface area contributed by atoms with Crippen LogP contribution in [0.25, 0.3) is 10.9 Å². The quantitative estimate of drug-likeness (QED) is 0.0434. The van der Waals surface area contributed by atoms with Gasteiger partial charge in [0.2, 0.25) is 0 Å². The maximum atomic E-state index is 15.5. The Balaban J connectivity index is 1.40. The molecule has 6 rings (SSSR count). The molecule has 5 N–H and O–H groups in total. The summed E-state index contributed by atoms with van der Waals surface area (Å²) in [7, 11) is 3.17. The summed E-state index contributed by atoms with van der Waals surface area (Å²) in [5.74, 6) is -4.86. The maximum Gasteiger partial charge on any atom is 0.357 e. The van der Waals surface area contributed by atoms with Crippen LogP contribution in [0.15, 0.2) is 140 Å². The van der Waals surface area contributed by atoms with Crippen LogP contribution in [0.2, 0.25) is 0 Å². The lowest BCUT2D eigenvalue weighted by atomic mass is 9.80. The Morgan fingerprint density at radius 2 is 1.21 bits per heavy atom. The van der Waals surface area contributed by atoms with Gasteiger partial charge in [0.15, 0.2) is 5.78 Å². The summed E-state index contributed by atoms with van der Waals surface area (Å²) in [5, 5.41) is 7.98. The largest absolute Gasteiger partial charge is 0.455 e. The minimum atomic E-state index is -1.45. The molecule has 17 heteroatoms. The molecule has 5 atom stereocenters. The highest BCUT2D eigenvalue weighted by Gasteiger charge is 2.43. The molecule has 70 heavy (non-hydrogen) atoms. The van der Waals surface area contributed by atoms with Crippen molar-refractivity contribution in [2.24, 2.45) is 23.5 Å². The van der Waals surface area contributed by atoms with Gasteiger partial charge in [-0.15, -0.1) is 0 Å². The number of carbonyl (C=O) groups is 5. The lowest BCUT2D eigenvalue weighted by molar-refractivity contribution is -0.133. The summed E-state index contributed by atoms with van der Waals surface area (Å²) in [6, 6.07) is 31.1. The molecule has 0 bridgehead atoms. The molecule has 0 spiro atoms. The minimum Gasteiger partial charge on any atom is -0.455 e. The fraction of sp³-hybridized carbons (Fsp3) is 0.321. The number of amides is 5. The molecule has 1 unspecified atom stereocenters. The number of halogens is 1. The number of aromatic nitrogens is 3. The highest BCUT2D eigenvalue weighted by molar-refractivity contribution is 5.94. The number of nitrogens with zero attached hydrogens (tertiary/aromatic N) is 6. The number of nitrogens with one attached hydrogen (secondary N) is 3. The normalized spacial score (nSPS) is 13.5. The van der Waals surface area contributed by atoms with Crippen LogP contribution >= 0.6 is 0 Å². The standard InChI is InChI=1S/C53H61FN10O6/c1-34(2)47(59-52(68)62(5)31-40-19-12-14-28-56-40)49(65)45(46(55)38-17-8-7-9-18-38)44(70-51(67)43-27-24-37-16-10-11-21-42(37)58-43)33-64(30-36-22-25-39(54)26-23-36)61-50(66)48(35(3)4)60-53(69)63(6)32-41-20-13-15-29-57-41/h7-29,34-35,44-48H,30-33,55H2,1-6H3,(H,59,68)(H,60,69)(H,61,66)/t44-,45-,46?,47+,48+/m1/s1. The molecular weight excluding hydrogens is 892 g/mol. The summed E-state index contributed by atoms with van der Waals surface area (Å²) >= 11 is 0. The van der Waals surface area contributed by atoms with E-state index >= 15 is 4.79 Å². The van der Waals surface area contributed by atoms with Crippen molar-refractivity contribution in [3.63, 3.8) is 0 Å². The SMILES string of the molecule is CC(C)[C@H](NC(=O)N(C)Cc1ccccn1)C(=O)NN(Cc1ccc(F)cc1)C[C@@H](OC(=O)c1ccc2ccccc2n1)[C@@H](C(=O)[C@@H](NC(=O)N(C)Cc1ccccn1)C(C)C)C(N)c1ccccc1. The van der Waals surface area contributed by atoms with E-state index in [0.29, 0.717) is 28.0 Å². The Kier molecular flexibility index (Phi) is 18.2. The first-order chi connectivity index (χ1) is 33.6. The Morgan fingerprint density at radius 3 is 1.79 bits per heavy atom. The van der Waals surface area contributed by atoms with Gasteiger partial charge in [0.05, 0.1) is 48.5 Å². The monoisotopic (exact) mass is 952 g/mol. The van der Waals surface area contributed by atoms with Crippen LogP contribution in [0.4, 0.5) is 14.0 Å². The Bertz CT molecular complexity index is 2680. The molecule has 0 aliphatic rings. The van der Waals surface area contributed by atoms with Gasteiger partial charge in [0, 0.05) is 44.5 Å². The van der Waals surface area contributed by atoms with Gasteiger partial charge >= 0.3 is 18.0 Å². The molecule has 5 amide bonds. The van der Waals surface area contributed by atoms with E-state index < -0.39 is 77.5 Å². The van der Waals surface area contributed by atoms with E-state index in [0.717, 1.165) is 5.39 Å². The number of urea groups is 2. The number of hydrogen-bond acceptors (Lipinski definition) is 11. The zero-order valence-electron chi connectivity index (χ0n) is 40.2. The van der Waals surface area contributed by atoms with Crippen molar-refractivity contribution in [1.82, 2.24) is 45.8 Å². The molecule has 0 fully saturated rings. The maximum absolute atomic E-state index is 15.5. The summed E-state index contributed by atoms with van der Waals surface area (Å²) in [6.45, 7) is 6.97. The number of pyridine rings is 3. The van der Waals surface area contributed by atoms with Crippen LogP contribution < -0.4 is 21.8 Å². The van der Waals surface area contributed by atoms with Crippen LogP contribution in [0, 0.1) is 23.6 Å². The second-order valence-electron chi connectivity index (χ2n) is 17.9. The van der Waals surface area contributed by atoms with E-state index in [1.54, 1.807) is 127 Å². The van der Waals surface area contributed by atoms with Gasteiger partial charge in [-0.05, 0) is 71.5 Å². The highest BCUT2D eigenvalue weighted by atomic mass is 19.1. The van der Waals surface area contributed by atoms with Gasteiger partial charge < -0.3 is 30.9 Å². The fourth-order valence-corrected chi connectivity index (χ4v) is 7.89. The summed E-state index contributed by atoms with van der Waals surface area (Å²) in [4.78, 5) is 88.1. The summed E-state index contributed by atoms with van der Waals surface area (Å²) in [6.07, 6.45) is 1.79. The first-order valence-corrected chi connectivity index (χ1v) is 23.1. The van der Waals surface area contributed by atoms with E-state index in [-0.39, 0.29) is 31.9 Å². The van der Waals surface area contributed by atoms with E-state index in [1.807, 2.05) is 24.3 Å². The fourth-order valence-electron chi connectivity index (χ4n) is 7.89. The second-order valence-corrected chi connectivity index (χ2v) is 17.9. The number of esters is 1. The smallest absolute Gasteiger partial charge is 0.357 e. The second kappa shape index (κ2) is 24.6. The van der Waals surface area contributed by atoms with Crippen molar-refractivity contribution >= 4 is 40.6 Å². The van der Waals surface area contributed by atoms with Gasteiger partial charge in [0.1, 0.15) is 23.7 Å². The molecule has 16 nitrogen and oxygen atoms in total. The third kappa shape index (κ3) is 14.2. The van der Waals surface area contributed by atoms with Crippen LogP contribution in [-0.2, 0) is 34.0 Å². The van der Waals surface area contributed by atoms with Crippen LogP contribution in [0.3, 0.4) is 0 Å². The average molecular weight is 953 g/mol. The topological polar surface area (TPSA) is 205 Å². The minimum absolute atomic E-state index is 0.0560. The molecule has 0 radical (unpaired) electrons. The average Bonchev–Trinajstić information content (AvgIpc) is 3.35. The molecule has 0 aliphatic carbocycles. The molecule has 3 heterocycles. The summed E-state index contributed by atoms with van der Waals surface area (Å²) in [5.41, 5.74) is 12.9. The Hall–Kier alpha value is -7.63. The number of Topliss-reactive ketones (excluding diaryl/α,β-unsaturated/α-hetero) is 1. The lowest BCUT2D eigenvalue weighted by Gasteiger charge is -2.37. The van der Waals surface area contributed by atoms with E-state index in [4.69, 9.17) is 10.5 Å². The molecule has 6 aromatic rings. The van der Waals surface area contributed by atoms with Gasteiger partial charge in [0.25, 0.3) is 5.91 Å². The third-order valence-electron chi connectivity index (χ3n) is 11.7. The molecule has 3 aromatic carbocycles. The van der Waals surface area contributed by atoms with Crippen molar-refractivity contribution < 1.29 is 33.1 Å². The number of fused-ring (bicyclic) bond motifs is 1. The molecule has 0 saturated heterocycles. The predicted octanol–water partition coefficient (Wildman–Crippen LogP) is 6.84. The van der Waals surface area contributed by atoms with Gasteiger partial charge in [-0.1, -0.05) is 107 Å². The number of ketones is 1. The molecule has 0 aliphatic heterocycles.